The van der Waals surface area contributed by atoms with Crippen molar-refractivity contribution in [3.05, 3.63) is 54.4 Å². The Morgan fingerprint density at radius 3 is 2.85 bits per heavy atom. The summed E-state index contributed by atoms with van der Waals surface area (Å²) in [5.41, 5.74) is 9.16. The van der Waals surface area contributed by atoms with Gasteiger partial charge in [0, 0.05) is 44.5 Å². The predicted octanol–water partition coefficient (Wildman–Crippen LogP) is 2.57. The quantitative estimate of drug-likeness (QED) is 0.803. The standard InChI is InChI=1S/C21H28N4O/c22-10-7-21(26)24-15-20-6-1-2-13-25(20)16-17-4-3-5-19(14-17)18-8-11-23-12-9-18/h3-5,8-9,11-12,14,20H,1-2,6-7,10,13,15-16,22H2,(H,24,26). The second kappa shape index (κ2) is 9.46. The molecule has 0 radical (unpaired) electrons. The number of pyridine rings is 1. The van der Waals surface area contributed by atoms with E-state index in [1.165, 1.54) is 29.5 Å². The van der Waals surface area contributed by atoms with Gasteiger partial charge in [-0.05, 0) is 54.3 Å². The maximum absolute atomic E-state index is 11.7. The van der Waals surface area contributed by atoms with Crippen molar-refractivity contribution in [2.24, 2.45) is 5.73 Å². The van der Waals surface area contributed by atoms with Crippen LogP contribution in [0.25, 0.3) is 11.1 Å². The van der Waals surface area contributed by atoms with Crippen LogP contribution in [0.15, 0.2) is 48.8 Å². The summed E-state index contributed by atoms with van der Waals surface area (Å²) in [6.45, 7) is 3.11. The van der Waals surface area contributed by atoms with Gasteiger partial charge in [0.25, 0.3) is 0 Å². The molecule has 1 aromatic carbocycles. The van der Waals surface area contributed by atoms with Crippen molar-refractivity contribution >= 4 is 5.91 Å². The van der Waals surface area contributed by atoms with E-state index >= 15 is 0 Å². The molecule has 1 unspecified atom stereocenters. The Hall–Kier alpha value is -2.24. The molecular weight excluding hydrogens is 324 g/mol. The fourth-order valence-electron chi connectivity index (χ4n) is 3.58. The molecular formula is C21H28N4O. The molecule has 2 aromatic rings. The Morgan fingerprint density at radius 2 is 2.04 bits per heavy atom. The summed E-state index contributed by atoms with van der Waals surface area (Å²) in [5.74, 6) is 0.0534. The number of nitrogens with one attached hydrogen (secondary N) is 1. The van der Waals surface area contributed by atoms with E-state index in [9.17, 15) is 4.79 Å². The molecule has 0 bridgehead atoms. The first-order valence-corrected chi connectivity index (χ1v) is 9.46. The minimum absolute atomic E-state index is 0.0534. The van der Waals surface area contributed by atoms with Crippen LogP contribution < -0.4 is 11.1 Å². The van der Waals surface area contributed by atoms with Gasteiger partial charge in [-0.2, -0.15) is 0 Å². The summed E-state index contributed by atoms with van der Waals surface area (Å²) in [6, 6.07) is 13.2. The molecule has 0 spiro atoms. The predicted molar refractivity (Wildman–Crippen MR) is 104 cm³/mol. The highest BCUT2D eigenvalue weighted by Gasteiger charge is 2.22. The summed E-state index contributed by atoms with van der Waals surface area (Å²) in [7, 11) is 0. The summed E-state index contributed by atoms with van der Waals surface area (Å²) < 4.78 is 0. The summed E-state index contributed by atoms with van der Waals surface area (Å²) in [4.78, 5) is 18.3. The summed E-state index contributed by atoms with van der Waals surface area (Å²) >= 11 is 0. The van der Waals surface area contributed by atoms with Gasteiger partial charge in [-0.1, -0.05) is 24.6 Å². The van der Waals surface area contributed by atoms with E-state index in [-0.39, 0.29) is 5.91 Å². The molecule has 2 heterocycles. The molecule has 1 atom stereocenters. The lowest BCUT2D eigenvalue weighted by Crippen LogP contribution is -2.46. The van der Waals surface area contributed by atoms with Crippen molar-refractivity contribution < 1.29 is 4.79 Å². The second-order valence-corrected chi connectivity index (χ2v) is 6.90. The van der Waals surface area contributed by atoms with Gasteiger partial charge in [0.2, 0.25) is 5.91 Å². The molecule has 1 aliphatic rings. The molecule has 0 saturated carbocycles. The number of aromatic nitrogens is 1. The highest BCUT2D eigenvalue weighted by atomic mass is 16.1. The number of likely N-dealkylation sites (tertiary alicyclic amines) is 1. The number of carbonyl (C=O) groups excluding carboxylic acids is 1. The number of benzene rings is 1. The maximum atomic E-state index is 11.7. The van der Waals surface area contributed by atoms with Gasteiger partial charge < -0.3 is 11.1 Å². The largest absolute Gasteiger partial charge is 0.354 e. The van der Waals surface area contributed by atoms with Crippen LogP contribution >= 0.6 is 0 Å². The Kier molecular flexibility index (Phi) is 6.75. The Labute approximate surface area is 155 Å². The molecule has 1 aliphatic heterocycles. The lowest BCUT2D eigenvalue weighted by Gasteiger charge is -2.36. The van der Waals surface area contributed by atoms with Crippen LogP contribution in [-0.4, -0.2) is 41.5 Å². The van der Waals surface area contributed by atoms with E-state index in [1.54, 1.807) is 0 Å². The van der Waals surface area contributed by atoms with E-state index in [0.717, 1.165) is 19.5 Å². The first-order chi connectivity index (χ1) is 12.8. The lowest BCUT2D eigenvalue weighted by atomic mass is 9.99. The number of hydrogen-bond donors (Lipinski definition) is 2. The number of nitrogens with zero attached hydrogens (tertiary/aromatic N) is 2. The highest BCUT2D eigenvalue weighted by molar-refractivity contribution is 5.76. The number of piperidine rings is 1. The second-order valence-electron chi connectivity index (χ2n) is 6.90. The monoisotopic (exact) mass is 352 g/mol. The number of rotatable bonds is 7. The molecule has 138 valence electrons. The lowest BCUT2D eigenvalue weighted by molar-refractivity contribution is -0.121. The van der Waals surface area contributed by atoms with Crippen molar-refractivity contribution in [3.8, 4) is 11.1 Å². The van der Waals surface area contributed by atoms with Crippen LogP contribution in [0.3, 0.4) is 0 Å². The zero-order valence-corrected chi connectivity index (χ0v) is 15.2. The zero-order valence-electron chi connectivity index (χ0n) is 15.2. The molecule has 0 aliphatic carbocycles. The number of hydrogen-bond acceptors (Lipinski definition) is 4. The van der Waals surface area contributed by atoms with E-state index in [4.69, 9.17) is 5.73 Å². The van der Waals surface area contributed by atoms with E-state index in [1.807, 2.05) is 24.5 Å². The van der Waals surface area contributed by atoms with Crippen LogP contribution in [0.4, 0.5) is 0 Å². The third kappa shape index (κ3) is 5.13. The van der Waals surface area contributed by atoms with Gasteiger partial charge >= 0.3 is 0 Å². The topological polar surface area (TPSA) is 71.2 Å². The van der Waals surface area contributed by atoms with E-state index < -0.39 is 0 Å². The Bertz CT molecular complexity index is 704. The molecule has 3 N–H and O–H groups in total. The molecule has 5 heteroatoms. The van der Waals surface area contributed by atoms with Crippen LogP contribution in [0.5, 0.6) is 0 Å². The Balaban J connectivity index is 1.65. The van der Waals surface area contributed by atoms with E-state index in [0.29, 0.717) is 25.6 Å². The van der Waals surface area contributed by atoms with Crippen molar-refractivity contribution in [1.29, 1.82) is 0 Å². The molecule has 1 aromatic heterocycles. The minimum atomic E-state index is 0.0534. The third-order valence-corrected chi connectivity index (χ3v) is 4.98. The van der Waals surface area contributed by atoms with Crippen LogP contribution in [0.2, 0.25) is 0 Å². The van der Waals surface area contributed by atoms with E-state index in [2.05, 4.69) is 39.5 Å². The smallest absolute Gasteiger partial charge is 0.221 e. The number of nitrogens with two attached hydrogens (primary N) is 1. The summed E-state index contributed by atoms with van der Waals surface area (Å²) in [5, 5.41) is 3.04. The van der Waals surface area contributed by atoms with Crippen LogP contribution in [-0.2, 0) is 11.3 Å². The van der Waals surface area contributed by atoms with Crippen molar-refractivity contribution in [2.75, 3.05) is 19.6 Å². The van der Waals surface area contributed by atoms with Crippen LogP contribution in [0.1, 0.15) is 31.2 Å². The molecule has 1 fully saturated rings. The van der Waals surface area contributed by atoms with Crippen molar-refractivity contribution in [2.45, 2.75) is 38.3 Å². The van der Waals surface area contributed by atoms with Gasteiger partial charge in [-0.15, -0.1) is 0 Å². The maximum Gasteiger partial charge on any atom is 0.221 e. The molecule has 1 amide bonds. The van der Waals surface area contributed by atoms with Gasteiger partial charge in [0.05, 0.1) is 0 Å². The van der Waals surface area contributed by atoms with Crippen molar-refractivity contribution in [1.82, 2.24) is 15.2 Å². The van der Waals surface area contributed by atoms with Gasteiger partial charge in [0.1, 0.15) is 0 Å². The van der Waals surface area contributed by atoms with Crippen molar-refractivity contribution in [3.63, 3.8) is 0 Å². The average Bonchev–Trinajstić information content (AvgIpc) is 2.68. The first-order valence-electron chi connectivity index (χ1n) is 9.46. The fraction of sp³-hybridized carbons (Fsp3) is 0.429. The van der Waals surface area contributed by atoms with Gasteiger partial charge in [-0.25, -0.2) is 0 Å². The normalized spacial score (nSPS) is 17.8. The minimum Gasteiger partial charge on any atom is -0.354 e. The first kappa shape index (κ1) is 18.5. The fourth-order valence-corrected chi connectivity index (χ4v) is 3.58. The average molecular weight is 352 g/mol. The number of amides is 1. The number of carbonyl (C=O) groups is 1. The molecule has 5 nitrogen and oxygen atoms in total. The van der Waals surface area contributed by atoms with Gasteiger partial charge in [-0.3, -0.25) is 14.7 Å². The zero-order chi connectivity index (χ0) is 18.2. The Morgan fingerprint density at radius 1 is 1.19 bits per heavy atom. The SMILES string of the molecule is NCCC(=O)NCC1CCCCN1Cc1cccc(-c2ccncc2)c1. The molecule has 3 rings (SSSR count). The third-order valence-electron chi connectivity index (χ3n) is 4.98. The molecule has 26 heavy (non-hydrogen) atoms. The molecule has 1 saturated heterocycles. The van der Waals surface area contributed by atoms with Crippen LogP contribution in [0, 0.1) is 0 Å². The van der Waals surface area contributed by atoms with Gasteiger partial charge in [0.15, 0.2) is 0 Å². The highest BCUT2D eigenvalue weighted by Crippen LogP contribution is 2.23. The summed E-state index contributed by atoms with van der Waals surface area (Å²) in [6.07, 6.45) is 7.63.